The molecule has 0 radical (unpaired) electrons. The Morgan fingerprint density at radius 1 is 1.53 bits per heavy atom. The quantitative estimate of drug-likeness (QED) is 0.850. The molecule has 0 saturated heterocycles. The molecule has 1 aromatic heterocycles. The third kappa shape index (κ3) is 2.75. The van der Waals surface area contributed by atoms with Gasteiger partial charge >= 0.3 is 0 Å². The van der Waals surface area contributed by atoms with Crippen LogP contribution in [0.4, 0.5) is 0 Å². The number of hydrogen-bond acceptors (Lipinski definition) is 4. The van der Waals surface area contributed by atoms with E-state index in [9.17, 15) is 0 Å². The second kappa shape index (κ2) is 5.17. The summed E-state index contributed by atoms with van der Waals surface area (Å²) >= 11 is 0. The van der Waals surface area contributed by atoms with Gasteiger partial charge in [-0.1, -0.05) is 19.9 Å². The van der Waals surface area contributed by atoms with E-state index < -0.39 is 0 Å². The molecule has 0 unspecified atom stereocenters. The van der Waals surface area contributed by atoms with Crippen molar-refractivity contribution in [3.8, 4) is 0 Å². The van der Waals surface area contributed by atoms with Gasteiger partial charge in [0, 0.05) is 18.9 Å². The minimum atomic E-state index is 0.451. The Hall–Kier alpha value is -1.58. The van der Waals surface area contributed by atoms with E-state index in [2.05, 4.69) is 34.8 Å². The van der Waals surface area contributed by atoms with Gasteiger partial charge in [-0.3, -0.25) is 9.98 Å². The van der Waals surface area contributed by atoms with Gasteiger partial charge < -0.3 is 10.6 Å². The molecular formula is C13H20N4. The molecule has 0 bridgehead atoms. The molecule has 0 amide bonds. The van der Waals surface area contributed by atoms with Crippen LogP contribution >= 0.6 is 0 Å². The summed E-state index contributed by atoms with van der Waals surface area (Å²) in [7, 11) is 0. The Morgan fingerprint density at radius 3 is 3.00 bits per heavy atom. The maximum Gasteiger partial charge on any atom is 0.191 e. The van der Waals surface area contributed by atoms with Gasteiger partial charge in [-0.15, -0.1) is 0 Å². The molecule has 17 heavy (non-hydrogen) atoms. The van der Waals surface area contributed by atoms with Crippen molar-refractivity contribution in [3.63, 3.8) is 0 Å². The van der Waals surface area contributed by atoms with Crippen LogP contribution in [-0.4, -0.2) is 35.0 Å². The standard InChI is InChI=1S/C13H20N4/c1-10(2)12-9-16-13(14)17(12)7-5-11-4-3-6-15-8-11/h3-4,6,8,10,12H,5,7,9H2,1-2H3,(H2,14,16)/t12-/m1/s1. The number of nitrogens with two attached hydrogens (primary N) is 1. The van der Waals surface area contributed by atoms with Gasteiger partial charge in [0.2, 0.25) is 0 Å². The highest BCUT2D eigenvalue weighted by atomic mass is 15.3. The van der Waals surface area contributed by atoms with Gasteiger partial charge in [0.1, 0.15) is 0 Å². The Morgan fingerprint density at radius 2 is 2.35 bits per heavy atom. The fraction of sp³-hybridized carbons (Fsp3) is 0.538. The van der Waals surface area contributed by atoms with E-state index in [1.807, 2.05) is 12.3 Å². The first-order chi connectivity index (χ1) is 8.18. The second-order valence-corrected chi connectivity index (χ2v) is 4.81. The molecule has 2 rings (SSSR count). The smallest absolute Gasteiger partial charge is 0.191 e. The Balaban J connectivity index is 1.95. The number of nitrogens with zero attached hydrogens (tertiary/aromatic N) is 3. The molecule has 1 aliphatic heterocycles. The third-order valence-corrected chi connectivity index (χ3v) is 3.27. The Labute approximate surface area is 103 Å². The van der Waals surface area contributed by atoms with Crippen LogP contribution in [0.15, 0.2) is 29.5 Å². The summed E-state index contributed by atoms with van der Waals surface area (Å²) in [6.07, 6.45) is 4.67. The Kier molecular flexibility index (Phi) is 3.61. The number of hydrogen-bond donors (Lipinski definition) is 1. The lowest BCUT2D eigenvalue weighted by atomic mass is 10.0. The molecule has 0 aliphatic carbocycles. The third-order valence-electron chi connectivity index (χ3n) is 3.27. The summed E-state index contributed by atoms with van der Waals surface area (Å²) in [6, 6.07) is 4.52. The van der Waals surface area contributed by atoms with E-state index in [-0.39, 0.29) is 0 Å². The van der Waals surface area contributed by atoms with Gasteiger partial charge in [-0.05, 0) is 24.0 Å². The van der Waals surface area contributed by atoms with Gasteiger partial charge in [0.25, 0.3) is 0 Å². The number of pyridine rings is 1. The average molecular weight is 232 g/mol. The van der Waals surface area contributed by atoms with Crippen molar-refractivity contribution in [2.24, 2.45) is 16.6 Å². The van der Waals surface area contributed by atoms with E-state index in [0.717, 1.165) is 19.5 Å². The van der Waals surface area contributed by atoms with E-state index in [0.29, 0.717) is 17.9 Å². The van der Waals surface area contributed by atoms with Crippen molar-refractivity contribution in [2.75, 3.05) is 13.1 Å². The highest BCUT2D eigenvalue weighted by Crippen LogP contribution is 2.17. The molecule has 0 saturated carbocycles. The fourth-order valence-corrected chi connectivity index (χ4v) is 2.19. The average Bonchev–Trinajstić information content (AvgIpc) is 2.69. The van der Waals surface area contributed by atoms with E-state index in [1.54, 1.807) is 6.20 Å². The molecular weight excluding hydrogens is 212 g/mol. The van der Waals surface area contributed by atoms with Crippen molar-refractivity contribution in [2.45, 2.75) is 26.3 Å². The largest absolute Gasteiger partial charge is 0.370 e. The van der Waals surface area contributed by atoms with Crippen LogP contribution in [-0.2, 0) is 6.42 Å². The molecule has 2 heterocycles. The summed E-state index contributed by atoms with van der Waals surface area (Å²) in [5.41, 5.74) is 7.18. The van der Waals surface area contributed by atoms with Gasteiger partial charge in [0.05, 0.1) is 12.6 Å². The summed E-state index contributed by atoms with van der Waals surface area (Å²) in [4.78, 5) is 10.7. The van der Waals surface area contributed by atoms with Gasteiger partial charge in [-0.25, -0.2) is 0 Å². The zero-order valence-electron chi connectivity index (χ0n) is 10.5. The van der Waals surface area contributed by atoms with Crippen LogP contribution in [0.25, 0.3) is 0 Å². The van der Waals surface area contributed by atoms with Crippen molar-refractivity contribution < 1.29 is 0 Å². The van der Waals surface area contributed by atoms with Crippen LogP contribution in [0, 0.1) is 5.92 Å². The second-order valence-electron chi connectivity index (χ2n) is 4.81. The summed E-state index contributed by atoms with van der Waals surface area (Å²) in [6.45, 7) is 6.19. The molecule has 0 aromatic carbocycles. The predicted octanol–water partition coefficient (Wildman–Crippen LogP) is 1.28. The van der Waals surface area contributed by atoms with Crippen LogP contribution in [0.3, 0.4) is 0 Å². The fourth-order valence-electron chi connectivity index (χ4n) is 2.19. The van der Waals surface area contributed by atoms with Crippen LogP contribution < -0.4 is 5.73 Å². The van der Waals surface area contributed by atoms with Gasteiger partial charge in [0.15, 0.2) is 5.96 Å². The molecule has 0 spiro atoms. The van der Waals surface area contributed by atoms with Crippen molar-refractivity contribution >= 4 is 5.96 Å². The van der Waals surface area contributed by atoms with E-state index >= 15 is 0 Å². The van der Waals surface area contributed by atoms with Crippen molar-refractivity contribution in [3.05, 3.63) is 30.1 Å². The summed E-state index contributed by atoms with van der Waals surface area (Å²) in [5.74, 6) is 1.27. The highest BCUT2D eigenvalue weighted by molar-refractivity contribution is 5.80. The lowest BCUT2D eigenvalue weighted by Crippen LogP contribution is -2.44. The number of rotatable bonds is 4. The van der Waals surface area contributed by atoms with E-state index in [1.165, 1.54) is 5.56 Å². The highest BCUT2D eigenvalue weighted by Gasteiger charge is 2.27. The zero-order chi connectivity index (χ0) is 12.3. The molecule has 4 heteroatoms. The van der Waals surface area contributed by atoms with Crippen molar-refractivity contribution in [1.82, 2.24) is 9.88 Å². The molecule has 4 nitrogen and oxygen atoms in total. The molecule has 92 valence electrons. The topological polar surface area (TPSA) is 54.5 Å². The first-order valence-electron chi connectivity index (χ1n) is 6.14. The lowest BCUT2D eigenvalue weighted by Gasteiger charge is -2.28. The Bertz CT molecular complexity index is 386. The molecule has 2 N–H and O–H groups in total. The summed E-state index contributed by atoms with van der Waals surface area (Å²) < 4.78 is 0. The maximum absolute atomic E-state index is 5.93. The zero-order valence-corrected chi connectivity index (χ0v) is 10.5. The molecule has 0 fully saturated rings. The monoisotopic (exact) mass is 232 g/mol. The predicted molar refractivity (Wildman–Crippen MR) is 69.8 cm³/mol. The van der Waals surface area contributed by atoms with Gasteiger partial charge in [-0.2, -0.15) is 0 Å². The molecule has 1 aromatic rings. The first-order valence-corrected chi connectivity index (χ1v) is 6.14. The lowest BCUT2D eigenvalue weighted by molar-refractivity contribution is 0.277. The van der Waals surface area contributed by atoms with Crippen molar-refractivity contribution in [1.29, 1.82) is 0 Å². The number of guanidine groups is 1. The normalized spacial score (nSPS) is 19.8. The van der Waals surface area contributed by atoms with Crippen LogP contribution in [0.5, 0.6) is 0 Å². The molecule has 1 aliphatic rings. The van der Waals surface area contributed by atoms with Crippen LogP contribution in [0.2, 0.25) is 0 Å². The van der Waals surface area contributed by atoms with Crippen LogP contribution in [0.1, 0.15) is 19.4 Å². The number of aromatic nitrogens is 1. The molecule has 1 atom stereocenters. The maximum atomic E-state index is 5.93. The number of aliphatic imine (C=N–C) groups is 1. The minimum Gasteiger partial charge on any atom is -0.370 e. The SMILES string of the molecule is CC(C)[C@H]1CN=C(N)N1CCc1cccnc1. The minimum absolute atomic E-state index is 0.451. The summed E-state index contributed by atoms with van der Waals surface area (Å²) in [5, 5.41) is 0. The van der Waals surface area contributed by atoms with E-state index in [4.69, 9.17) is 5.73 Å². The first kappa shape index (κ1) is 11.9.